The SMILES string of the molecule is Cc1c2cccc(C(=O)NN(C)C)c2nn1C1CCCN1. The third-order valence-corrected chi connectivity index (χ3v) is 3.88. The normalized spacial score (nSPS) is 18.6. The Kier molecular flexibility index (Phi) is 3.65. The second-order valence-electron chi connectivity index (χ2n) is 5.68. The highest BCUT2D eigenvalue weighted by atomic mass is 16.2. The van der Waals surface area contributed by atoms with Crippen molar-refractivity contribution < 1.29 is 4.79 Å². The average molecular weight is 287 g/mol. The van der Waals surface area contributed by atoms with Crippen molar-refractivity contribution in [2.24, 2.45) is 0 Å². The van der Waals surface area contributed by atoms with Gasteiger partial charge in [-0.05, 0) is 32.4 Å². The van der Waals surface area contributed by atoms with Crippen molar-refractivity contribution >= 4 is 16.8 Å². The minimum Gasteiger partial charge on any atom is -0.296 e. The van der Waals surface area contributed by atoms with Crippen LogP contribution in [0.2, 0.25) is 0 Å². The van der Waals surface area contributed by atoms with Crippen LogP contribution in [-0.2, 0) is 0 Å². The molecule has 112 valence electrons. The number of aromatic nitrogens is 2. The minimum atomic E-state index is -0.130. The van der Waals surface area contributed by atoms with Gasteiger partial charge in [0.2, 0.25) is 0 Å². The molecule has 6 nitrogen and oxygen atoms in total. The van der Waals surface area contributed by atoms with Gasteiger partial charge in [0.05, 0.1) is 5.56 Å². The van der Waals surface area contributed by atoms with Gasteiger partial charge in [0.1, 0.15) is 11.7 Å². The number of fused-ring (bicyclic) bond motifs is 1. The van der Waals surface area contributed by atoms with Gasteiger partial charge in [-0.2, -0.15) is 5.10 Å². The van der Waals surface area contributed by atoms with Crippen molar-refractivity contribution in [3.05, 3.63) is 29.5 Å². The number of hydrogen-bond donors (Lipinski definition) is 2. The van der Waals surface area contributed by atoms with Crippen LogP contribution in [-0.4, -0.2) is 41.3 Å². The van der Waals surface area contributed by atoms with Gasteiger partial charge in [-0.3, -0.25) is 20.2 Å². The molecule has 3 rings (SSSR count). The Morgan fingerprint density at radius 1 is 1.48 bits per heavy atom. The first-order valence-corrected chi connectivity index (χ1v) is 7.27. The highest BCUT2D eigenvalue weighted by Crippen LogP contribution is 2.26. The predicted molar refractivity (Wildman–Crippen MR) is 81.9 cm³/mol. The fourth-order valence-corrected chi connectivity index (χ4v) is 2.87. The number of nitrogens with zero attached hydrogens (tertiary/aromatic N) is 3. The molecule has 2 heterocycles. The number of carbonyl (C=O) groups excluding carboxylic acids is 1. The van der Waals surface area contributed by atoms with Crippen molar-refractivity contribution in [3.8, 4) is 0 Å². The summed E-state index contributed by atoms with van der Waals surface area (Å²) >= 11 is 0. The molecule has 1 aliphatic heterocycles. The summed E-state index contributed by atoms with van der Waals surface area (Å²) < 4.78 is 2.02. The van der Waals surface area contributed by atoms with E-state index in [9.17, 15) is 4.79 Å². The van der Waals surface area contributed by atoms with Crippen LogP contribution in [0.25, 0.3) is 10.9 Å². The molecule has 0 bridgehead atoms. The van der Waals surface area contributed by atoms with Crippen LogP contribution in [0.1, 0.15) is 35.1 Å². The Hall–Kier alpha value is -1.92. The fourth-order valence-electron chi connectivity index (χ4n) is 2.87. The number of nitrogens with one attached hydrogen (secondary N) is 2. The van der Waals surface area contributed by atoms with Gasteiger partial charge in [0.25, 0.3) is 5.91 Å². The second-order valence-corrected chi connectivity index (χ2v) is 5.68. The Balaban J connectivity index is 2.06. The first-order chi connectivity index (χ1) is 10.1. The summed E-state index contributed by atoms with van der Waals surface area (Å²) in [5.74, 6) is -0.130. The van der Waals surface area contributed by atoms with E-state index >= 15 is 0 Å². The number of aryl methyl sites for hydroxylation is 1. The van der Waals surface area contributed by atoms with Gasteiger partial charge in [-0.25, -0.2) is 5.01 Å². The molecule has 1 unspecified atom stereocenters. The van der Waals surface area contributed by atoms with Crippen LogP contribution in [0.3, 0.4) is 0 Å². The van der Waals surface area contributed by atoms with E-state index in [0.717, 1.165) is 36.0 Å². The van der Waals surface area contributed by atoms with Crippen LogP contribution >= 0.6 is 0 Å². The van der Waals surface area contributed by atoms with Crippen LogP contribution < -0.4 is 10.7 Å². The minimum absolute atomic E-state index is 0.130. The highest BCUT2D eigenvalue weighted by Gasteiger charge is 2.22. The lowest BCUT2D eigenvalue weighted by atomic mass is 10.1. The second kappa shape index (κ2) is 5.46. The van der Waals surface area contributed by atoms with E-state index < -0.39 is 0 Å². The zero-order valence-electron chi connectivity index (χ0n) is 12.7. The van der Waals surface area contributed by atoms with E-state index in [1.807, 2.05) is 22.9 Å². The van der Waals surface area contributed by atoms with E-state index in [1.165, 1.54) is 0 Å². The van der Waals surface area contributed by atoms with Crippen molar-refractivity contribution in [1.29, 1.82) is 0 Å². The fraction of sp³-hybridized carbons (Fsp3) is 0.467. The van der Waals surface area contributed by atoms with Crippen LogP contribution in [0.15, 0.2) is 18.2 Å². The Morgan fingerprint density at radius 2 is 2.29 bits per heavy atom. The van der Waals surface area contributed by atoms with E-state index in [1.54, 1.807) is 19.1 Å². The summed E-state index contributed by atoms with van der Waals surface area (Å²) in [6.45, 7) is 3.08. The van der Waals surface area contributed by atoms with Gasteiger partial charge in [0.15, 0.2) is 0 Å². The van der Waals surface area contributed by atoms with Gasteiger partial charge >= 0.3 is 0 Å². The molecule has 0 saturated carbocycles. The van der Waals surface area contributed by atoms with Crippen LogP contribution in [0, 0.1) is 6.92 Å². The van der Waals surface area contributed by atoms with Crippen molar-refractivity contribution in [2.75, 3.05) is 20.6 Å². The maximum absolute atomic E-state index is 12.3. The lowest BCUT2D eigenvalue weighted by molar-refractivity contribution is 0.0858. The van der Waals surface area contributed by atoms with Crippen LogP contribution in [0.4, 0.5) is 0 Å². The molecule has 1 aromatic carbocycles. The molecular weight excluding hydrogens is 266 g/mol. The van der Waals surface area contributed by atoms with Gasteiger partial charge in [-0.15, -0.1) is 0 Å². The Labute approximate surface area is 124 Å². The molecule has 21 heavy (non-hydrogen) atoms. The number of rotatable bonds is 3. The van der Waals surface area contributed by atoms with Crippen molar-refractivity contribution in [3.63, 3.8) is 0 Å². The van der Waals surface area contributed by atoms with E-state index in [4.69, 9.17) is 5.10 Å². The van der Waals surface area contributed by atoms with Gasteiger partial charge < -0.3 is 0 Å². The zero-order valence-corrected chi connectivity index (χ0v) is 12.7. The maximum Gasteiger partial charge on any atom is 0.267 e. The third-order valence-electron chi connectivity index (χ3n) is 3.88. The maximum atomic E-state index is 12.3. The van der Waals surface area contributed by atoms with Crippen molar-refractivity contribution in [2.45, 2.75) is 25.9 Å². The topological polar surface area (TPSA) is 62.2 Å². The molecule has 1 fully saturated rings. The predicted octanol–water partition coefficient (Wildman–Crippen LogP) is 1.43. The molecular formula is C15H21N5O. The molecule has 1 aliphatic rings. The zero-order chi connectivity index (χ0) is 15.0. The van der Waals surface area contributed by atoms with Crippen LogP contribution in [0.5, 0.6) is 0 Å². The first-order valence-electron chi connectivity index (χ1n) is 7.27. The number of carbonyl (C=O) groups is 1. The quantitative estimate of drug-likeness (QED) is 0.839. The number of benzene rings is 1. The number of hydrazine groups is 1. The molecule has 0 spiro atoms. The Morgan fingerprint density at radius 3 is 2.95 bits per heavy atom. The smallest absolute Gasteiger partial charge is 0.267 e. The summed E-state index contributed by atoms with van der Waals surface area (Å²) in [6, 6.07) is 5.75. The molecule has 1 atom stereocenters. The lowest BCUT2D eigenvalue weighted by Gasteiger charge is -2.12. The summed E-state index contributed by atoms with van der Waals surface area (Å²) in [6.07, 6.45) is 2.48. The van der Waals surface area contributed by atoms with Gasteiger partial charge in [0, 0.05) is 25.2 Å². The summed E-state index contributed by atoms with van der Waals surface area (Å²) in [7, 11) is 3.59. The molecule has 0 radical (unpaired) electrons. The summed E-state index contributed by atoms with van der Waals surface area (Å²) in [5, 5.41) is 10.8. The van der Waals surface area contributed by atoms with E-state index in [0.29, 0.717) is 5.56 Å². The number of hydrogen-bond acceptors (Lipinski definition) is 4. The highest BCUT2D eigenvalue weighted by molar-refractivity contribution is 6.05. The molecule has 1 amide bonds. The average Bonchev–Trinajstić information content (AvgIpc) is 3.06. The molecule has 6 heteroatoms. The number of amides is 1. The van der Waals surface area contributed by atoms with Gasteiger partial charge in [-0.1, -0.05) is 12.1 Å². The summed E-state index contributed by atoms with van der Waals surface area (Å²) in [4.78, 5) is 12.3. The summed E-state index contributed by atoms with van der Waals surface area (Å²) in [5.41, 5.74) is 5.26. The molecule has 1 aromatic heterocycles. The van der Waals surface area contributed by atoms with Crippen molar-refractivity contribution in [1.82, 2.24) is 25.5 Å². The van der Waals surface area contributed by atoms with E-state index in [2.05, 4.69) is 17.7 Å². The molecule has 0 aliphatic carbocycles. The van der Waals surface area contributed by atoms with E-state index in [-0.39, 0.29) is 12.1 Å². The standard InChI is InChI=1S/C15H21N5O/c1-10-11-6-4-7-12(15(21)18-19(2)3)14(11)17-20(10)13-8-5-9-16-13/h4,6-7,13,16H,5,8-9H2,1-3H3,(H,18,21). The largest absolute Gasteiger partial charge is 0.296 e. The lowest BCUT2D eigenvalue weighted by Crippen LogP contribution is -2.36. The Bertz CT molecular complexity index is 670. The monoisotopic (exact) mass is 287 g/mol. The third kappa shape index (κ3) is 2.52. The molecule has 1 saturated heterocycles. The first kappa shape index (κ1) is 14.0. The molecule has 2 aromatic rings. The molecule has 2 N–H and O–H groups in total.